The Balaban J connectivity index is 2.16. The van der Waals surface area contributed by atoms with Crippen molar-refractivity contribution >= 4 is 17.0 Å². The zero-order valence-corrected chi connectivity index (χ0v) is 11.7. The fourth-order valence-electron chi connectivity index (χ4n) is 2.11. The van der Waals surface area contributed by atoms with Crippen molar-refractivity contribution in [3.8, 4) is 0 Å². The highest BCUT2D eigenvalue weighted by Crippen LogP contribution is 2.18. The Morgan fingerprint density at radius 3 is 2.95 bits per heavy atom. The van der Waals surface area contributed by atoms with Crippen molar-refractivity contribution in [2.45, 2.75) is 6.54 Å². The number of hydrogen-bond acceptors (Lipinski definition) is 4. The highest BCUT2D eigenvalue weighted by atomic mass is 16.5. The zero-order chi connectivity index (χ0) is 14.5. The Labute approximate surface area is 117 Å². The van der Waals surface area contributed by atoms with Crippen LogP contribution in [-0.4, -0.2) is 59.4 Å². The van der Waals surface area contributed by atoms with E-state index in [0.29, 0.717) is 29.7 Å². The molecule has 6 nitrogen and oxygen atoms in total. The van der Waals surface area contributed by atoms with Gasteiger partial charge in [-0.2, -0.15) is 0 Å². The molecule has 6 heteroatoms. The largest absolute Gasteiger partial charge is 0.478 e. The summed E-state index contributed by atoms with van der Waals surface area (Å²) in [4.78, 5) is 17.7. The molecular formula is C14H19N3O3. The second-order valence-corrected chi connectivity index (χ2v) is 4.71. The number of hydrogen-bond donors (Lipinski definition) is 1. The lowest BCUT2D eigenvalue weighted by atomic mass is 10.2. The smallest absolute Gasteiger partial charge is 0.337 e. The number of likely N-dealkylation sites (N-methyl/N-ethyl adjacent to an activating group) is 1. The molecular weight excluding hydrogens is 258 g/mol. The maximum absolute atomic E-state index is 11.3. The van der Waals surface area contributed by atoms with Crippen LogP contribution in [0.25, 0.3) is 11.0 Å². The molecule has 1 N–H and O–H groups in total. The van der Waals surface area contributed by atoms with Gasteiger partial charge in [-0.1, -0.05) is 6.07 Å². The molecule has 0 saturated heterocycles. The van der Waals surface area contributed by atoms with E-state index in [1.165, 1.54) is 0 Å². The number of carbonyl (C=O) groups is 1. The summed E-state index contributed by atoms with van der Waals surface area (Å²) in [5.41, 5.74) is 1.68. The number of methoxy groups -OCH3 is 1. The third kappa shape index (κ3) is 3.15. The van der Waals surface area contributed by atoms with Gasteiger partial charge in [-0.15, -0.1) is 0 Å². The number of aromatic carboxylic acids is 1. The monoisotopic (exact) mass is 277 g/mol. The number of imidazole rings is 1. The van der Waals surface area contributed by atoms with Gasteiger partial charge in [-0.25, -0.2) is 9.78 Å². The van der Waals surface area contributed by atoms with Gasteiger partial charge in [0.25, 0.3) is 0 Å². The van der Waals surface area contributed by atoms with Crippen LogP contribution in [0.5, 0.6) is 0 Å². The second-order valence-electron chi connectivity index (χ2n) is 4.71. The number of benzene rings is 1. The van der Waals surface area contributed by atoms with Gasteiger partial charge in [0.15, 0.2) is 0 Å². The average Bonchev–Trinajstić information content (AvgIpc) is 2.85. The topological polar surface area (TPSA) is 67.6 Å². The molecule has 1 heterocycles. The molecule has 1 aromatic heterocycles. The molecule has 0 unspecified atom stereocenters. The molecule has 0 spiro atoms. The summed E-state index contributed by atoms with van der Waals surface area (Å²) in [6.45, 7) is 3.03. The van der Waals surface area contributed by atoms with Crippen LogP contribution in [0.2, 0.25) is 0 Å². The number of para-hydroxylation sites is 1. The highest BCUT2D eigenvalue weighted by molar-refractivity contribution is 6.01. The lowest BCUT2D eigenvalue weighted by Crippen LogP contribution is -2.26. The van der Waals surface area contributed by atoms with Gasteiger partial charge in [0.05, 0.1) is 29.5 Å². The first-order valence-corrected chi connectivity index (χ1v) is 6.48. The molecule has 0 saturated carbocycles. The summed E-state index contributed by atoms with van der Waals surface area (Å²) in [5, 5.41) is 9.25. The first kappa shape index (κ1) is 14.5. The predicted molar refractivity (Wildman–Crippen MR) is 76.1 cm³/mol. The van der Waals surface area contributed by atoms with Crippen molar-refractivity contribution in [3.05, 3.63) is 30.1 Å². The van der Waals surface area contributed by atoms with Crippen molar-refractivity contribution in [2.24, 2.45) is 0 Å². The summed E-state index contributed by atoms with van der Waals surface area (Å²) in [5.74, 6) is -0.926. The maximum atomic E-state index is 11.3. The first-order valence-electron chi connectivity index (χ1n) is 6.48. The number of carboxylic acids is 1. The third-order valence-corrected chi connectivity index (χ3v) is 3.27. The van der Waals surface area contributed by atoms with Gasteiger partial charge >= 0.3 is 5.97 Å². The SMILES string of the molecule is COCCN(C)CCn1cnc2cccc(C(=O)O)c21. The maximum Gasteiger partial charge on any atom is 0.337 e. The highest BCUT2D eigenvalue weighted by Gasteiger charge is 2.13. The average molecular weight is 277 g/mol. The lowest BCUT2D eigenvalue weighted by molar-refractivity contribution is 0.0698. The van der Waals surface area contributed by atoms with Gasteiger partial charge in [0.1, 0.15) is 0 Å². The van der Waals surface area contributed by atoms with Gasteiger partial charge in [-0.3, -0.25) is 0 Å². The number of aromatic nitrogens is 2. The third-order valence-electron chi connectivity index (χ3n) is 3.27. The number of carboxylic acid groups (broad SMARTS) is 1. The minimum absolute atomic E-state index is 0.291. The van der Waals surface area contributed by atoms with Crippen LogP contribution in [-0.2, 0) is 11.3 Å². The van der Waals surface area contributed by atoms with E-state index in [4.69, 9.17) is 4.74 Å². The van der Waals surface area contributed by atoms with Crippen LogP contribution in [0.15, 0.2) is 24.5 Å². The van der Waals surface area contributed by atoms with Crippen molar-refractivity contribution < 1.29 is 14.6 Å². The van der Waals surface area contributed by atoms with Crippen molar-refractivity contribution in [1.29, 1.82) is 0 Å². The number of fused-ring (bicyclic) bond motifs is 1. The number of rotatable bonds is 7. The van der Waals surface area contributed by atoms with Gasteiger partial charge in [0, 0.05) is 26.7 Å². The number of nitrogens with zero attached hydrogens (tertiary/aromatic N) is 3. The van der Waals surface area contributed by atoms with Crippen LogP contribution < -0.4 is 0 Å². The normalized spacial score (nSPS) is 11.3. The Kier molecular flexibility index (Phi) is 4.70. The zero-order valence-electron chi connectivity index (χ0n) is 11.7. The minimum atomic E-state index is -0.926. The molecule has 0 aliphatic carbocycles. The predicted octanol–water partition coefficient (Wildman–Crippen LogP) is 1.31. The Morgan fingerprint density at radius 1 is 1.45 bits per heavy atom. The molecule has 108 valence electrons. The van der Waals surface area contributed by atoms with E-state index in [-0.39, 0.29) is 0 Å². The van der Waals surface area contributed by atoms with E-state index in [2.05, 4.69) is 9.88 Å². The van der Waals surface area contributed by atoms with Crippen molar-refractivity contribution in [1.82, 2.24) is 14.5 Å². The molecule has 0 aliphatic rings. The first-order chi connectivity index (χ1) is 9.63. The molecule has 0 atom stereocenters. The fourth-order valence-corrected chi connectivity index (χ4v) is 2.11. The molecule has 1 aromatic carbocycles. The Hall–Kier alpha value is -1.92. The van der Waals surface area contributed by atoms with Crippen LogP contribution >= 0.6 is 0 Å². The molecule has 0 radical (unpaired) electrons. The molecule has 0 amide bonds. The van der Waals surface area contributed by atoms with E-state index >= 15 is 0 Å². The second kappa shape index (κ2) is 6.49. The number of ether oxygens (including phenoxy) is 1. The van der Waals surface area contributed by atoms with Crippen LogP contribution in [0.4, 0.5) is 0 Å². The van der Waals surface area contributed by atoms with Gasteiger partial charge in [0.2, 0.25) is 0 Å². The van der Waals surface area contributed by atoms with E-state index in [9.17, 15) is 9.90 Å². The summed E-state index contributed by atoms with van der Waals surface area (Å²) < 4.78 is 6.92. The van der Waals surface area contributed by atoms with Crippen molar-refractivity contribution in [2.75, 3.05) is 33.9 Å². The minimum Gasteiger partial charge on any atom is -0.478 e. The van der Waals surface area contributed by atoms with Crippen LogP contribution in [0, 0.1) is 0 Å². The molecule has 2 aromatic rings. The molecule has 2 rings (SSSR count). The molecule has 0 bridgehead atoms. The standard InChI is InChI=1S/C14H19N3O3/c1-16(8-9-20-2)6-7-17-10-15-12-5-3-4-11(13(12)17)14(18)19/h3-5,10H,6-9H2,1-2H3,(H,18,19). The summed E-state index contributed by atoms with van der Waals surface area (Å²) >= 11 is 0. The van der Waals surface area contributed by atoms with E-state index in [1.54, 1.807) is 25.6 Å². The lowest BCUT2D eigenvalue weighted by Gasteiger charge is -2.16. The van der Waals surface area contributed by atoms with E-state index < -0.39 is 5.97 Å². The van der Waals surface area contributed by atoms with Gasteiger partial charge < -0.3 is 19.3 Å². The van der Waals surface area contributed by atoms with Crippen LogP contribution in [0.1, 0.15) is 10.4 Å². The van der Waals surface area contributed by atoms with Gasteiger partial charge in [-0.05, 0) is 19.2 Å². The molecule has 0 aliphatic heterocycles. The van der Waals surface area contributed by atoms with E-state index in [1.807, 2.05) is 17.7 Å². The quantitative estimate of drug-likeness (QED) is 0.826. The Morgan fingerprint density at radius 2 is 2.25 bits per heavy atom. The summed E-state index contributed by atoms with van der Waals surface area (Å²) in [6.07, 6.45) is 1.70. The van der Waals surface area contributed by atoms with Crippen molar-refractivity contribution in [3.63, 3.8) is 0 Å². The van der Waals surface area contributed by atoms with Crippen LogP contribution in [0.3, 0.4) is 0 Å². The summed E-state index contributed by atoms with van der Waals surface area (Å²) in [6, 6.07) is 5.15. The summed E-state index contributed by atoms with van der Waals surface area (Å²) in [7, 11) is 3.69. The molecule has 20 heavy (non-hydrogen) atoms. The van der Waals surface area contributed by atoms with E-state index in [0.717, 1.165) is 13.1 Å². The molecule has 0 fully saturated rings. The fraction of sp³-hybridized carbons (Fsp3) is 0.429. The Bertz CT molecular complexity index is 594.